The summed E-state index contributed by atoms with van der Waals surface area (Å²) in [6.45, 7) is 0. The molecule has 3 aromatic rings. The SMILES string of the molecule is ClCCCc1c2ccccc2cc2ccccc12. The van der Waals surface area contributed by atoms with Crippen molar-refractivity contribution >= 4 is 33.1 Å². The van der Waals surface area contributed by atoms with Crippen LogP contribution in [0.25, 0.3) is 21.5 Å². The first-order valence-corrected chi connectivity index (χ1v) is 6.89. The first kappa shape index (κ1) is 11.6. The van der Waals surface area contributed by atoms with E-state index in [9.17, 15) is 0 Å². The van der Waals surface area contributed by atoms with Crippen molar-refractivity contribution in [1.82, 2.24) is 0 Å². The summed E-state index contributed by atoms with van der Waals surface area (Å²) in [5, 5.41) is 5.36. The lowest BCUT2D eigenvalue weighted by atomic mass is 9.94. The largest absolute Gasteiger partial charge is 0.127 e. The Morgan fingerprint density at radius 1 is 0.778 bits per heavy atom. The van der Waals surface area contributed by atoms with Gasteiger partial charge in [0, 0.05) is 5.88 Å². The first-order valence-electron chi connectivity index (χ1n) is 6.35. The van der Waals surface area contributed by atoms with E-state index >= 15 is 0 Å². The van der Waals surface area contributed by atoms with Gasteiger partial charge < -0.3 is 0 Å². The van der Waals surface area contributed by atoms with Crippen LogP contribution in [0, 0.1) is 0 Å². The Morgan fingerprint density at radius 2 is 1.33 bits per heavy atom. The van der Waals surface area contributed by atoms with Gasteiger partial charge in [-0.25, -0.2) is 0 Å². The molecule has 90 valence electrons. The lowest BCUT2D eigenvalue weighted by molar-refractivity contribution is 0.944. The monoisotopic (exact) mass is 254 g/mol. The summed E-state index contributed by atoms with van der Waals surface area (Å²) in [4.78, 5) is 0. The molecule has 3 rings (SSSR count). The third kappa shape index (κ3) is 1.97. The van der Waals surface area contributed by atoms with E-state index in [1.807, 2.05) is 0 Å². The fourth-order valence-electron chi connectivity index (χ4n) is 2.62. The Kier molecular flexibility index (Phi) is 3.21. The Hall–Kier alpha value is -1.53. The van der Waals surface area contributed by atoms with E-state index in [0.717, 1.165) is 18.7 Å². The Labute approximate surface area is 112 Å². The number of benzene rings is 3. The van der Waals surface area contributed by atoms with Crippen LogP contribution in [0.15, 0.2) is 54.6 Å². The predicted molar refractivity (Wildman–Crippen MR) is 80.5 cm³/mol. The van der Waals surface area contributed by atoms with Crippen molar-refractivity contribution < 1.29 is 0 Å². The third-order valence-corrected chi connectivity index (χ3v) is 3.71. The standard InChI is InChI=1S/C17H15Cl/c18-11-5-10-17-15-8-3-1-6-13(15)12-14-7-2-4-9-16(14)17/h1-4,6-9,12H,5,10-11H2. The Bertz CT molecular complexity index is 631. The van der Waals surface area contributed by atoms with Gasteiger partial charge >= 0.3 is 0 Å². The summed E-state index contributed by atoms with van der Waals surface area (Å²) >= 11 is 5.85. The smallest absolute Gasteiger partial charge is 0.0226 e. The normalized spacial score (nSPS) is 11.2. The second kappa shape index (κ2) is 4.99. The van der Waals surface area contributed by atoms with Gasteiger partial charge in [0.05, 0.1) is 0 Å². The topological polar surface area (TPSA) is 0 Å². The number of rotatable bonds is 3. The number of aryl methyl sites for hydroxylation is 1. The van der Waals surface area contributed by atoms with Crippen molar-refractivity contribution in [2.75, 3.05) is 5.88 Å². The maximum atomic E-state index is 5.85. The van der Waals surface area contributed by atoms with Gasteiger partial charge in [-0.05, 0) is 46.0 Å². The molecule has 0 radical (unpaired) electrons. The number of halogens is 1. The molecule has 0 aliphatic rings. The van der Waals surface area contributed by atoms with E-state index in [4.69, 9.17) is 11.6 Å². The zero-order valence-corrected chi connectivity index (χ0v) is 11.0. The molecule has 0 aromatic heterocycles. The van der Waals surface area contributed by atoms with Crippen LogP contribution in [0.5, 0.6) is 0 Å². The summed E-state index contributed by atoms with van der Waals surface area (Å²) < 4.78 is 0. The maximum absolute atomic E-state index is 5.85. The second-order valence-electron chi connectivity index (χ2n) is 4.59. The molecule has 0 aliphatic heterocycles. The van der Waals surface area contributed by atoms with E-state index in [-0.39, 0.29) is 0 Å². The summed E-state index contributed by atoms with van der Waals surface area (Å²) in [6, 6.07) is 19.5. The Balaban J connectivity index is 2.34. The van der Waals surface area contributed by atoms with E-state index in [1.54, 1.807) is 0 Å². The molecule has 0 saturated carbocycles. The fourth-order valence-corrected chi connectivity index (χ4v) is 2.75. The lowest BCUT2D eigenvalue weighted by Gasteiger charge is -2.10. The molecule has 0 saturated heterocycles. The van der Waals surface area contributed by atoms with Crippen LogP contribution in [0.1, 0.15) is 12.0 Å². The van der Waals surface area contributed by atoms with Crippen LogP contribution < -0.4 is 0 Å². The Morgan fingerprint density at radius 3 is 1.89 bits per heavy atom. The molecule has 3 aromatic carbocycles. The maximum Gasteiger partial charge on any atom is 0.0226 e. The highest BCUT2D eigenvalue weighted by atomic mass is 35.5. The van der Waals surface area contributed by atoms with Gasteiger partial charge in [-0.3, -0.25) is 0 Å². The van der Waals surface area contributed by atoms with Crippen molar-refractivity contribution in [3.63, 3.8) is 0 Å². The zero-order chi connectivity index (χ0) is 12.4. The summed E-state index contributed by atoms with van der Waals surface area (Å²) in [5.41, 5.74) is 1.43. The van der Waals surface area contributed by atoms with E-state index < -0.39 is 0 Å². The quantitative estimate of drug-likeness (QED) is 0.447. The van der Waals surface area contributed by atoms with Gasteiger partial charge in [0.15, 0.2) is 0 Å². The minimum atomic E-state index is 0.720. The van der Waals surface area contributed by atoms with Gasteiger partial charge in [-0.15, -0.1) is 11.6 Å². The molecule has 0 nitrogen and oxygen atoms in total. The zero-order valence-electron chi connectivity index (χ0n) is 10.2. The van der Waals surface area contributed by atoms with Crippen LogP contribution in [-0.4, -0.2) is 5.88 Å². The van der Waals surface area contributed by atoms with Crippen molar-refractivity contribution in [3.05, 3.63) is 60.2 Å². The summed E-state index contributed by atoms with van der Waals surface area (Å²) in [7, 11) is 0. The average Bonchev–Trinajstić information content (AvgIpc) is 2.43. The van der Waals surface area contributed by atoms with Crippen molar-refractivity contribution in [3.8, 4) is 0 Å². The molecule has 0 aliphatic carbocycles. The molecule has 0 N–H and O–H groups in total. The molecule has 0 amide bonds. The average molecular weight is 255 g/mol. The highest BCUT2D eigenvalue weighted by Gasteiger charge is 2.06. The third-order valence-electron chi connectivity index (χ3n) is 3.44. The number of hydrogen-bond donors (Lipinski definition) is 0. The minimum absolute atomic E-state index is 0.720. The molecule has 1 heteroatoms. The van der Waals surface area contributed by atoms with Gasteiger partial charge in [0.1, 0.15) is 0 Å². The highest BCUT2D eigenvalue weighted by molar-refractivity contribution is 6.17. The molecule has 0 atom stereocenters. The predicted octanol–water partition coefficient (Wildman–Crippen LogP) is 5.16. The first-order chi connectivity index (χ1) is 8.90. The van der Waals surface area contributed by atoms with Gasteiger partial charge in [-0.2, -0.15) is 0 Å². The second-order valence-corrected chi connectivity index (χ2v) is 4.97. The molecule has 0 heterocycles. The number of fused-ring (bicyclic) bond motifs is 2. The van der Waals surface area contributed by atoms with Crippen LogP contribution in [-0.2, 0) is 6.42 Å². The van der Waals surface area contributed by atoms with E-state index in [0.29, 0.717) is 0 Å². The fraction of sp³-hybridized carbons (Fsp3) is 0.176. The van der Waals surface area contributed by atoms with E-state index in [2.05, 4.69) is 54.6 Å². The molecular formula is C17H15Cl. The molecule has 0 fully saturated rings. The van der Waals surface area contributed by atoms with Crippen molar-refractivity contribution in [2.45, 2.75) is 12.8 Å². The van der Waals surface area contributed by atoms with Gasteiger partial charge in [0.25, 0.3) is 0 Å². The van der Waals surface area contributed by atoms with Crippen molar-refractivity contribution in [1.29, 1.82) is 0 Å². The van der Waals surface area contributed by atoms with Crippen LogP contribution in [0.2, 0.25) is 0 Å². The molecule has 0 bridgehead atoms. The van der Waals surface area contributed by atoms with Crippen LogP contribution in [0.4, 0.5) is 0 Å². The molecule has 0 unspecified atom stereocenters. The van der Waals surface area contributed by atoms with Crippen LogP contribution in [0.3, 0.4) is 0 Å². The molecular weight excluding hydrogens is 240 g/mol. The number of alkyl halides is 1. The highest BCUT2D eigenvalue weighted by Crippen LogP contribution is 2.29. The lowest BCUT2D eigenvalue weighted by Crippen LogP contribution is -1.91. The van der Waals surface area contributed by atoms with Gasteiger partial charge in [0.2, 0.25) is 0 Å². The van der Waals surface area contributed by atoms with Crippen LogP contribution >= 0.6 is 11.6 Å². The molecule has 0 spiro atoms. The van der Waals surface area contributed by atoms with Crippen molar-refractivity contribution in [2.24, 2.45) is 0 Å². The summed E-state index contributed by atoms with van der Waals surface area (Å²) in [6.07, 6.45) is 2.07. The summed E-state index contributed by atoms with van der Waals surface area (Å²) in [5.74, 6) is 0.720. The van der Waals surface area contributed by atoms with E-state index in [1.165, 1.54) is 27.1 Å². The van der Waals surface area contributed by atoms with Gasteiger partial charge in [-0.1, -0.05) is 48.5 Å². The minimum Gasteiger partial charge on any atom is -0.127 e. The molecule has 18 heavy (non-hydrogen) atoms. The number of hydrogen-bond acceptors (Lipinski definition) is 0.